The molecule has 0 aliphatic carbocycles. The van der Waals surface area contributed by atoms with Crippen molar-refractivity contribution in [1.29, 1.82) is 0 Å². The summed E-state index contributed by atoms with van der Waals surface area (Å²) >= 11 is 0. The second-order valence-electron chi connectivity index (χ2n) is 2.48. The molecule has 2 N–H and O–H groups in total. The molecular formula is C6H7F4N3O. The predicted octanol–water partition coefficient (Wildman–Crippen LogP) is 0.928. The second kappa shape index (κ2) is 3.91. The topological polar surface area (TPSA) is 64.9 Å². The van der Waals surface area contributed by atoms with Crippen LogP contribution >= 0.6 is 0 Å². The van der Waals surface area contributed by atoms with Crippen molar-refractivity contribution < 1.29 is 22.1 Å². The molecule has 1 rings (SSSR count). The standard InChI is InChI=1S/C6H7F4N3O/c7-4(8)6(9,10)5-12-3(1-2-11)13-14-5/h4H,1-2,11H2. The van der Waals surface area contributed by atoms with Crippen LogP contribution in [0.25, 0.3) is 0 Å². The minimum atomic E-state index is -4.40. The minimum Gasteiger partial charge on any atom is -0.332 e. The molecule has 14 heavy (non-hydrogen) atoms. The first kappa shape index (κ1) is 10.9. The van der Waals surface area contributed by atoms with Crippen LogP contribution < -0.4 is 5.73 Å². The third-order valence-electron chi connectivity index (χ3n) is 1.40. The van der Waals surface area contributed by atoms with Gasteiger partial charge in [0.2, 0.25) is 0 Å². The third kappa shape index (κ3) is 2.00. The minimum absolute atomic E-state index is 0.100. The smallest absolute Gasteiger partial charge is 0.332 e. The van der Waals surface area contributed by atoms with Gasteiger partial charge in [-0.2, -0.15) is 13.8 Å². The van der Waals surface area contributed by atoms with Crippen LogP contribution in [0.3, 0.4) is 0 Å². The van der Waals surface area contributed by atoms with E-state index in [-0.39, 0.29) is 18.8 Å². The van der Waals surface area contributed by atoms with E-state index in [0.29, 0.717) is 0 Å². The van der Waals surface area contributed by atoms with Crippen LogP contribution in [0.4, 0.5) is 17.6 Å². The number of hydrogen-bond acceptors (Lipinski definition) is 4. The maximum Gasteiger partial charge on any atom is 0.383 e. The number of alkyl halides is 4. The van der Waals surface area contributed by atoms with Crippen molar-refractivity contribution in [2.45, 2.75) is 18.8 Å². The Hall–Kier alpha value is -1.18. The van der Waals surface area contributed by atoms with Crippen LogP contribution in [0.15, 0.2) is 4.52 Å². The van der Waals surface area contributed by atoms with E-state index in [2.05, 4.69) is 14.7 Å². The van der Waals surface area contributed by atoms with E-state index >= 15 is 0 Å². The summed E-state index contributed by atoms with van der Waals surface area (Å²) in [6.45, 7) is 0.124. The molecule has 1 aromatic heterocycles. The molecule has 4 nitrogen and oxygen atoms in total. The predicted molar refractivity (Wildman–Crippen MR) is 37.0 cm³/mol. The van der Waals surface area contributed by atoms with Gasteiger partial charge in [0.25, 0.3) is 0 Å². The molecular weight excluding hydrogens is 206 g/mol. The lowest BCUT2D eigenvalue weighted by Crippen LogP contribution is -2.24. The number of nitrogens with two attached hydrogens (primary N) is 1. The lowest BCUT2D eigenvalue weighted by atomic mass is 10.3. The van der Waals surface area contributed by atoms with Gasteiger partial charge in [-0.15, -0.1) is 0 Å². The van der Waals surface area contributed by atoms with Gasteiger partial charge in [-0.3, -0.25) is 0 Å². The highest BCUT2D eigenvalue weighted by Crippen LogP contribution is 2.32. The van der Waals surface area contributed by atoms with Crippen molar-refractivity contribution in [1.82, 2.24) is 10.1 Å². The van der Waals surface area contributed by atoms with Crippen molar-refractivity contribution in [3.8, 4) is 0 Å². The number of hydrogen-bond donors (Lipinski definition) is 1. The SMILES string of the molecule is NCCc1noc(C(F)(F)C(F)F)n1. The third-order valence-corrected chi connectivity index (χ3v) is 1.40. The van der Waals surface area contributed by atoms with E-state index in [0.717, 1.165) is 0 Å². The summed E-state index contributed by atoms with van der Waals surface area (Å²) in [5.74, 6) is -5.89. The molecule has 0 saturated heterocycles. The molecule has 0 unspecified atom stereocenters. The maximum atomic E-state index is 12.6. The Morgan fingerprint density at radius 3 is 2.57 bits per heavy atom. The Morgan fingerprint density at radius 1 is 1.43 bits per heavy atom. The van der Waals surface area contributed by atoms with Crippen LogP contribution in [-0.2, 0) is 12.3 Å². The van der Waals surface area contributed by atoms with Crippen molar-refractivity contribution in [3.05, 3.63) is 11.7 Å². The largest absolute Gasteiger partial charge is 0.383 e. The first-order valence-corrected chi connectivity index (χ1v) is 3.67. The van der Waals surface area contributed by atoms with Crippen LogP contribution in [0.2, 0.25) is 0 Å². The van der Waals surface area contributed by atoms with Gasteiger partial charge in [-0.1, -0.05) is 5.16 Å². The molecule has 1 aromatic rings. The van der Waals surface area contributed by atoms with Gasteiger partial charge in [0.05, 0.1) is 0 Å². The maximum absolute atomic E-state index is 12.6. The highest BCUT2D eigenvalue weighted by Gasteiger charge is 2.48. The number of aromatic nitrogens is 2. The van der Waals surface area contributed by atoms with E-state index in [1.165, 1.54) is 0 Å². The molecule has 0 amide bonds. The summed E-state index contributed by atoms with van der Waals surface area (Å²) in [5, 5.41) is 3.08. The molecule has 0 aliphatic heterocycles. The molecule has 1 heterocycles. The normalized spacial score (nSPS) is 12.4. The lowest BCUT2D eigenvalue weighted by Gasteiger charge is -2.08. The van der Waals surface area contributed by atoms with E-state index < -0.39 is 18.2 Å². The number of rotatable bonds is 4. The van der Waals surface area contributed by atoms with Gasteiger partial charge < -0.3 is 10.3 Å². The average Bonchev–Trinajstić information content (AvgIpc) is 2.53. The molecule has 0 fully saturated rings. The average molecular weight is 213 g/mol. The highest BCUT2D eigenvalue weighted by atomic mass is 19.3. The van der Waals surface area contributed by atoms with E-state index in [1.54, 1.807) is 0 Å². The number of halogens is 4. The Morgan fingerprint density at radius 2 is 2.07 bits per heavy atom. The van der Waals surface area contributed by atoms with Crippen molar-refractivity contribution in [2.24, 2.45) is 5.73 Å². The van der Waals surface area contributed by atoms with Crippen LogP contribution in [0.5, 0.6) is 0 Å². The van der Waals surface area contributed by atoms with Crippen LogP contribution in [-0.4, -0.2) is 23.1 Å². The van der Waals surface area contributed by atoms with Crippen LogP contribution in [0.1, 0.15) is 11.7 Å². The Bertz CT molecular complexity index is 301. The Balaban J connectivity index is 2.85. The highest BCUT2D eigenvalue weighted by molar-refractivity contribution is 4.95. The molecule has 0 atom stereocenters. The summed E-state index contributed by atoms with van der Waals surface area (Å²) in [6.07, 6.45) is -3.77. The summed E-state index contributed by atoms with van der Waals surface area (Å²) in [6, 6.07) is 0. The van der Waals surface area contributed by atoms with E-state index in [9.17, 15) is 17.6 Å². The molecule has 80 valence electrons. The Labute approximate surface area is 76.1 Å². The fourth-order valence-electron chi connectivity index (χ4n) is 0.713. The van der Waals surface area contributed by atoms with E-state index in [4.69, 9.17) is 5.73 Å². The summed E-state index contributed by atoms with van der Waals surface area (Å²) in [5.41, 5.74) is 5.08. The van der Waals surface area contributed by atoms with Gasteiger partial charge in [-0.05, 0) is 6.54 Å². The summed E-state index contributed by atoms with van der Waals surface area (Å²) < 4.78 is 52.7. The van der Waals surface area contributed by atoms with Gasteiger partial charge >= 0.3 is 18.2 Å². The first-order valence-electron chi connectivity index (χ1n) is 3.67. The monoisotopic (exact) mass is 213 g/mol. The molecule has 0 aromatic carbocycles. The molecule has 0 spiro atoms. The second-order valence-corrected chi connectivity index (χ2v) is 2.48. The Kier molecular flexibility index (Phi) is 3.04. The van der Waals surface area contributed by atoms with Crippen molar-refractivity contribution in [3.63, 3.8) is 0 Å². The molecule has 0 bridgehead atoms. The summed E-state index contributed by atoms with van der Waals surface area (Å²) in [7, 11) is 0. The summed E-state index contributed by atoms with van der Waals surface area (Å²) in [4.78, 5) is 3.11. The molecule has 0 aliphatic rings. The molecule has 0 saturated carbocycles. The van der Waals surface area contributed by atoms with Gasteiger partial charge in [0.1, 0.15) is 0 Å². The fraction of sp³-hybridized carbons (Fsp3) is 0.667. The van der Waals surface area contributed by atoms with E-state index in [1.807, 2.05) is 0 Å². The zero-order valence-electron chi connectivity index (χ0n) is 6.88. The quantitative estimate of drug-likeness (QED) is 0.755. The van der Waals surface area contributed by atoms with Gasteiger partial charge in [0.15, 0.2) is 5.82 Å². The molecule has 8 heteroatoms. The zero-order valence-corrected chi connectivity index (χ0v) is 6.88. The first-order chi connectivity index (χ1) is 6.48. The van der Waals surface area contributed by atoms with Gasteiger partial charge in [-0.25, -0.2) is 8.78 Å². The number of nitrogens with zero attached hydrogens (tertiary/aromatic N) is 2. The van der Waals surface area contributed by atoms with Gasteiger partial charge in [0, 0.05) is 6.42 Å². The van der Waals surface area contributed by atoms with Crippen LogP contribution in [0, 0.1) is 0 Å². The molecule has 0 radical (unpaired) electrons. The zero-order chi connectivity index (χ0) is 10.8. The van der Waals surface area contributed by atoms with Crippen molar-refractivity contribution >= 4 is 0 Å². The fourth-order valence-corrected chi connectivity index (χ4v) is 0.713. The lowest BCUT2D eigenvalue weighted by molar-refractivity contribution is -0.152. The van der Waals surface area contributed by atoms with Crippen molar-refractivity contribution in [2.75, 3.05) is 6.54 Å².